The van der Waals surface area contributed by atoms with Crippen LogP contribution in [0.15, 0.2) is 0 Å². The second-order valence-corrected chi connectivity index (χ2v) is 3.84. The summed E-state index contributed by atoms with van der Waals surface area (Å²) in [4.78, 5) is 39.0. The van der Waals surface area contributed by atoms with Gasteiger partial charge >= 0.3 is 5.97 Å². The summed E-state index contributed by atoms with van der Waals surface area (Å²) >= 11 is 0. The SMILES string of the molecule is Cc1nc(C(=O)N2CC(=O)NCC2C(=O)O)n[nH]1. The number of aliphatic carboxylic acids is 1. The van der Waals surface area contributed by atoms with Crippen molar-refractivity contribution in [1.82, 2.24) is 25.4 Å². The minimum absolute atomic E-state index is 0.122. The van der Waals surface area contributed by atoms with Crippen LogP contribution in [0.3, 0.4) is 0 Å². The van der Waals surface area contributed by atoms with Crippen LogP contribution in [-0.2, 0) is 9.59 Å². The van der Waals surface area contributed by atoms with E-state index >= 15 is 0 Å². The van der Waals surface area contributed by atoms with Gasteiger partial charge in [0.15, 0.2) is 0 Å². The molecular formula is C9H11N5O4. The number of amides is 2. The van der Waals surface area contributed by atoms with Crippen LogP contribution in [0.5, 0.6) is 0 Å². The monoisotopic (exact) mass is 253 g/mol. The molecule has 2 rings (SSSR count). The molecule has 1 fully saturated rings. The van der Waals surface area contributed by atoms with Crippen molar-refractivity contribution in [3.63, 3.8) is 0 Å². The van der Waals surface area contributed by atoms with Gasteiger partial charge in [-0.25, -0.2) is 9.78 Å². The van der Waals surface area contributed by atoms with Crippen LogP contribution in [0.2, 0.25) is 0 Å². The number of aromatic amines is 1. The lowest BCUT2D eigenvalue weighted by atomic mass is 10.2. The minimum atomic E-state index is -1.18. The van der Waals surface area contributed by atoms with Gasteiger partial charge in [0.05, 0.1) is 0 Å². The van der Waals surface area contributed by atoms with Crippen molar-refractivity contribution < 1.29 is 19.5 Å². The Hall–Kier alpha value is -2.45. The number of carbonyl (C=O) groups excluding carboxylic acids is 2. The zero-order valence-corrected chi connectivity index (χ0v) is 9.51. The zero-order valence-electron chi connectivity index (χ0n) is 9.51. The number of H-pyrrole nitrogens is 1. The van der Waals surface area contributed by atoms with Gasteiger partial charge in [-0.3, -0.25) is 14.7 Å². The van der Waals surface area contributed by atoms with E-state index in [9.17, 15) is 14.4 Å². The Morgan fingerprint density at radius 1 is 1.50 bits per heavy atom. The molecule has 2 amide bonds. The molecule has 9 nitrogen and oxygen atoms in total. The molecule has 1 aliphatic heterocycles. The van der Waals surface area contributed by atoms with Gasteiger partial charge in [-0.1, -0.05) is 0 Å². The summed E-state index contributed by atoms with van der Waals surface area (Å²) in [5.41, 5.74) is 0. The number of piperazine rings is 1. The van der Waals surface area contributed by atoms with Gasteiger partial charge in [0.1, 0.15) is 18.4 Å². The summed E-state index contributed by atoms with van der Waals surface area (Å²) < 4.78 is 0. The lowest BCUT2D eigenvalue weighted by Crippen LogP contribution is -2.59. The van der Waals surface area contributed by atoms with E-state index in [1.165, 1.54) is 0 Å². The molecule has 2 heterocycles. The van der Waals surface area contributed by atoms with Gasteiger partial charge in [0.2, 0.25) is 11.7 Å². The number of carbonyl (C=O) groups is 3. The summed E-state index contributed by atoms with van der Waals surface area (Å²) in [5, 5.41) is 17.5. The fourth-order valence-corrected chi connectivity index (χ4v) is 1.64. The van der Waals surface area contributed by atoms with E-state index in [0.29, 0.717) is 5.82 Å². The largest absolute Gasteiger partial charge is 0.480 e. The molecule has 0 radical (unpaired) electrons. The van der Waals surface area contributed by atoms with E-state index in [-0.39, 0.29) is 18.9 Å². The number of aryl methyl sites for hydroxylation is 1. The highest BCUT2D eigenvalue weighted by molar-refractivity contribution is 5.97. The molecule has 9 heteroatoms. The van der Waals surface area contributed by atoms with E-state index in [0.717, 1.165) is 4.90 Å². The number of hydrogen-bond acceptors (Lipinski definition) is 5. The first-order valence-corrected chi connectivity index (χ1v) is 5.18. The highest BCUT2D eigenvalue weighted by Crippen LogP contribution is 2.08. The number of rotatable bonds is 2. The van der Waals surface area contributed by atoms with Crippen molar-refractivity contribution in [1.29, 1.82) is 0 Å². The van der Waals surface area contributed by atoms with Crippen molar-refractivity contribution >= 4 is 17.8 Å². The minimum Gasteiger partial charge on any atom is -0.480 e. The molecule has 1 saturated heterocycles. The van der Waals surface area contributed by atoms with Crippen LogP contribution in [0, 0.1) is 6.92 Å². The van der Waals surface area contributed by atoms with Crippen LogP contribution in [0.1, 0.15) is 16.4 Å². The fourth-order valence-electron chi connectivity index (χ4n) is 1.64. The average molecular weight is 253 g/mol. The Morgan fingerprint density at radius 3 is 2.78 bits per heavy atom. The second-order valence-electron chi connectivity index (χ2n) is 3.84. The zero-order chi connectivity index (χ0) is 13.3. The van der Waals surface area contributed by atoms with Crippen LogP contribution >= 0.6 is 0 Å². The van der Waals surface area contributed by atoms with Gasteiger partial charge in [-0.05, 0) is 6.92 Å². The maximum Gasteiger partial charge on any atom is 0.328 e. The summed E-state index contributed by atoms with van der Waals surface area (Å²) in [5.74, 6) is -1.98. The Morgan fingerprint density at radius 2 is 2.22 bits per heavy atom. The van der Waals surface area contributed by atoms with E-state index in [4.69, 9.17) is 5.11 Å². The lowest BCUT2D eigenvalue weighted by Gasteiger charge is -2.31. The van der Waals surface area contributed by atoms with Gasteiger partial charge in [0.25, 0.3) is 5.91 Å². The fraction of sp³-hybridized carbons (Fsp3) is 0.444. The second kappa shape index (κ2) is 4.43. The predicted octanol–water partition coefficient (Wildman–Crippen LogP) is -1.86. The molecule has 0 saturated carbocycles. The third-order valence-electron chi connectivity index (χ3n) is 2.52. The molecule has 1 unspecified atom stereocenters. The first-order chi connectivity index (χ1) is 8.49. The molecule has 18 heavy (non-hydrogen) atoms. The van der Waals surface area contributed by atoms with Gasteiger partial charge < -0.3 is 15.3 Å². The van der Waals surface area contributed by atoms with Crippen molar-refractivity contribution in [2.45, 2.75) is 13.0 Å². The summed E-state index contributed by atoms with van der Waals surface area (Å²) in [6.45, 7) is 1.17. The van der Waals surface area contributed by atoms with Gasteiger partial charge in [-0.15, -0.1) is 5.10 Å². The Bertz CT molecular complexity index is 511. The Labute approximate surface area is 101 Å². The van der Waals surface area contributed by atoms with E-state index in [1.54, 1.807) is 6.92 Å². The van der Waals surface area contributed by atoms with E-state index in [1.807, 2.05) is 0 Å². The smallest absolute Gasteiger partial charge is 0.328 e. The molecule has 0 aromatic carbocycles. The highest BCUT2D eigenvalue weighted by Gasteiger charge is 2.36. The van der Waals surface area contributed by atoms with E-state index in [2.05, 4.69) is 20.5 Å². The van der Waals surface area contributed by atoms with Crippen LogP contribution < -0.4 is 5.32 Å². The lowest BCUT2D eigenvalue weighted by molar-refractivity contribution is -0.144. The molecule has 1 atom stereocenters. The van der Waals surface area contributed by atoms with Crippen molar-refractivity contribution in [3.8, 4) is 0 Å². The quantitative estimate of drug-likeness (QED) is 0.567. The highest BCUT2D eigenvalue weighted by atomic mass is 16.4. The molecule has 1 aliphatic rings. The van der Waals surface area contributed by atoms with Crippen molar-refractivity contribution in [2.24, 2.45) is 0 Å². The summed E-state index contributed by atoms with van der Waals surface area (Å²) in [6.07, 6.45) is 0. The predicted molar refractivity (Wildman–Crippen MR) is 56.6 cm³/mol. The molecule has 1 aromatic heterocycles. The van der Waals surface area contributed by atoms with Crippen LogP contribution in [0.25, 0.3) is 0 Å². The third-order valence-corrected chi connectivity index (χ3v) is 2.52. The van der Waals surface area contributed by atoms with Crippen molar-refractivity contribution in [3.05, 3.63) is 11.6 Å². The van der Waals surface area contributed by atoms with E-state index < -0.39 is 23.8 Å². The van der Waals surface area contributed by atoms with Gasteiger partial charge in [0, 0.05) is 6.54 Å². The molecule has 0 aliphatic carbocycles. The maximum atomic E-state index is 12.0. The number of nitrogens with one attached hydrogen (secondary N) is 2. The number of hydrogen-bond donors (Lipinski definition) is 3. The summed E-state index contributed by atoms with van der Waals surface area (Å²) in [6, 6.07) is -1.10. The third kappa shape index (κ3) is 2.14. The molecule has 96 valence electrons. The number of nitrogens with zero attached hydrogens (tertiary/aromatic N) is 3. The molecule has 0 bridgehead atoms. The number of carboxylic acids is 1. The normalized spacial score (nSPS) is 19.5. The first kappa shape index (κ1) is 12.0. The molecular weight excluding hydrogens is 242 g/mol. The standard InChI is InChI=1S/C9H11N5O4/c1-4-11-7(13-12-4)8(16)14-3-6(15)10-2-5(14)9(17)18/h5H,2-3H2,1H3,(H,10,15)(H,17,18)(H,11,12,13). The van der Waals surface area contributed by atoms with Crippen LogP contribution in [-0.4, -0.2) is 62.1 Å². The molecule has 3 N–H and O–H groups in total. The van der Waals surface area contributed by atoms with Crippen LogP contribution in [0.4, 0.5) is 0 Å². The van der Waals surface area contributed by atoms with Crippen molar-refractivity contribution in [2.75, 3.05) is 13.1 Å². The number of aromatic nitrogens is 3. The first-order valence-electron chi connectivity index (χ1n) is 5.18. The number of carboxylic acid groups (broad SMARTS) is 1. The average Bonchev–Trinajstić information content (AvgIpc) is 2.74. The topological polar surface area (TPSA) is 128 Å². The summed E-state index contributed by atoms with van der Waals surface area (Å²) in [7, 11) is 0. The molecule has 0 spiro atoms. The Kier molecular flexibility index (Phi) is 2.96. The maximum absolute atomic E-state index is 12.0. The Balaban J connectivity index is 2.25. The molecule has 1 aromatic rings. The van der Waals surface area contributed by atoms with Gasteiger partial charge in [-0.2, -0.15) is 0 Å².